The molecule has 0 saturated carbocycles. The van der Waals surface area contributed by atoms with Gasteiger partial charge in [0.15, 0.2) is 0 Å². The number of likely N-dealkylation sites (tertiary alicyclic amines) is 1. The summed E-state index contributed by atoms with van der Waals surface area (Å²) in [6.07, 6.45) is 2.52. The number of carbonyl (C=O) groups excluding carboxylic acids is 1. The van der Waals surface area contributed by atoms with Crippen LogP contribution in [0.3, 0.4) is 0 Å². The van der Waals surface area contributed by atoms with Gasteiger partial charge < -0.3 is 14.5 Å². The molecule has 0 radical (unpaired) electrons. The fourth-order valence-corrected chi connectivity index (χ4v) is 4.25. The first-order chi connectivity index (χ1) is 11.9. The van der Waals surface area contributed by atoms with Crippen LogP contribution in [-0.4, -0.2) is 51.8 Å². The SMILES string of the molecule is CC(C)(C)OC(=O)N1CCC(c2nc(C3=NOC(CBr)C3)cs2)CC1. The van der Waals surface area contributed by atoms with E-state index in [0.717, 1.165) is 41.0 Å². The smallest absolute Gasteiger partial charge is 0.410 e. The molecule has 25 heavy (non-hydrogen) atoms. The summed E-state index contributed by atoms with van der Waals surface area (Å²) in [6, 6.07) is 0. The van der Waals surface area contributed by atoms with Crippen molar-refractivity contribution in [2.45, 2.75) is 57.7 Å². The number of hydrogen-bond donors (Lipinski definition) is 0. The van der Waals surface area contributed by atoms with Crippen molar-refractivity contribution < 1.29 is 14.4 Å². The molecule has 0 spiro atoms. The molecule has 1 fully saturated rings. The average molecular weight is 430 g/mol. The van der Waals surface area contributed by atoms with Gasteiger partial charge in [-0.3, -0.25) is 0 Å². The highest BCUT2D eigenvalue weighted by Crippen LogP contribution is 2.32. The molecule has 1 aromatic heterocycles. The number of amides is 1. The van der Waals surface area contributed by atoms with Crippen LogP contribution in [0, 0.1) is 0 Å². The predicted octanol–water partition coefficient (Wildman–Crippen LogP) is 4.15. The molecule has 3 rings (SSSR count). The Labute approximate surface area is 160 Å². The highest BCUT2D eigenvalue weighted by Gasteiger charge is 2.29. The zero-order valence-corrected chi connectivity index (χ0v) is 17.2. The minimum atomic E-state index is -0.449. The Balaban J connectivity index is 1.55. The van der Waals surface area contributed by atoms with E-state index in [0.29, 0.717) is 19.0 Å². The number of rotatable bonds is 3. The van der Waals surface area contributed by atoms with Crippen molar-refractivity contribution in [3.63, 3.8) is 0 Å². The van der Waals surface area contributed by atoms with Crippen LogP contribution in [0.1, 0.15) is 56.7 Å². The molecule has 1 amide bonds. The molecular weight excluding hydrogens is 406 g/mol. The maximum absolute atomic E-state index is 12.2. The molecule has 6 nitrogen and oxygen atoms in total. The van der Waals surface area contributed by atoms with Gasteiger partial charge in [0.25, 0.3) is 0 Å². The van der Waals surface area contributed by atoms with E-state index in [-0.39, 0.29) is 12.2 Å². The van der Waals surface area contributed by atoms with E-state index in [1.54, 1.807) is 16.2 Å². The van der Waals surface area contributed by atoms with E-state index < -0.39 is 5.60 Å². The third-order valence-corrected chi connectivity index (χ3v) is 5.95. The first-order valence-corrected chi connectivity index (χ1v) is 10.6. The van der Waals surface area contributed by atoms with E-state index in [1.807, 2.05) is 20.8 Å². The lowest BCUT2D eigenvalue weighted by Gasteiger charge is -2.32. The molecule has 1 aromatic rings. The zero-order valence-electron chi connectivity index (χ0n) is 14.8. The lowest BCUT2D eigenvalue weighted by atomic mass is 9.98. The summed E-state index contributed by atoms with van der Waals surface area (Å²) in [4.78, 5) is 24.1. The molecule has 2 aliphatic rings. The number of ether oxygens (including phenoxy) is 1. The van der Waals surface area contributed by atoms with Crippen LogP contribution in [0.5, 0.6) is 0 Å². The highest BCUT2D eigenvalue weighted by atomic mass is 79.9. The van der Waals surface area contributed by atoms with Gasteiger partial charge in [0.05, 0.1) is 10.7 Å². The third-order valence-electron chi connectivity index (χ3n) is 4.22. The Morgan fingerprint density at radius 3 is 2.76 bits per heavy atom. The molecule has 0 aromatic carbocycles. The zero-order chi connectivity index (χ0) is 18.0. The van der Waals surface area contributed by atoms with Gasteiger partial charge in [-0.05, 0) is 33.6 Å². The second-order valence-electron chi connectivity index (χ2n) is 7.44. The molecule has 3 heterocycles. The Bertz CT molecular complexity index is 648. The molecular formula is C17H24BrN3O3S. The molecule has 1 atom stereocenters. The summed E-state index contributed by atoms with van der Waals surface area (Å²) in [5.41, 5.74) is 1.41. The van der Waals surface area contributed by atoms with Crippen LogP contribution >= 0.6 is 27.3 Å². The standard InChI is InChI=1S/C17H24BrN3O3S/c1-17(2,3)23-16(22)21-6-4-11(5-7-21)15-19-14(10-25-15)13-8-12(9-18)24-20-13/h10-12H,4-9H2,1-3H3. The van der Waals surface area contributed by atoms with Crippen LogP contribution in [0.25, 0.3) is 0 Å². The Hall–Kier alpha value is -1.15. The van der Waals surface area contributed by atoms with Crippen LogP contribution in [0.15, 0.2) is 10.5 Å². The highest BCUT2D eigenvalue weighted by molar-refractivity contribution is 9.09. The fraction of sp³-hybridized carbons (Fsp3) is 0.706. The summed E-state index contributed by atoms with van der Waals surface area (Å²) in [6.45, 7) is 7.10. The monoisotopic (exact) mass is 429 g/mol. The lowest BCUT2D eigenvalue weighted by molar-refractivity contribution is 0.0205. The fourth-order valence-electron chi connectivity index (χ4n) is 2.91. The number of oxime groups is 1. The Morgan fingerprint density at radius 1 is 1.44 bits per heavy atom. The van der Waals surface area contributed by atoms with Crippen LogP contribution in [0.4, 0.5) is 4.79 Å². The minimum absolute atomic E-state index is 0.109. The summed E-state index contributed by atoms with van der Waals surface area (Å²) < 4.78 is 5.45. The summed E-state index contributed by atoms with van der Waals surface area (Å²) in [7, 11) is 0. The number of carbonyl (C=O) groups is 1. The van der Waals surface area contributed by atoms with Gasteiger partial charge in [-0.2, -0.15) is 0 Å². The first-order valence-electron chi connectivity index (χ1n) is 8.58. The number of halogens is 1. The molecule has 8 heteroatoms. The molecule has 0 N–H and O–H groups in total. The van der Waals surface area contributed by atoms with Gasteiger partial charge >= 0.3 is 6.09 Å². The summed E-state index contributed by atoms with van der Waals surface area (Å²) in [5, 5.41) is 8.12. The summed E-state index contributed by atoms with van der Waals surface area (Å²) in [5.74, 6) is 0.396. The number of piperidine rings is 1. The molecule has 2 aliphatic heterocycles. The number of aromatic nitrogens is 1. The maximum Gasteiger partial charge on any atom is 0.410 e. The minimum Gasteiger partial charge on any atom is -0.444 e. The van der Waals surface area contributed by atoms with E-state index >= 15 is 0 Å². The van der Waals surface area contributed by atoms with Gasteiger partial charge in [0.2, 0.25) is 0 Å². The van der Waals surface area contributed by atoms with Crippen LogP contribution in [0.2, 0.25) is 0 Å². The predicted molar refractivity (Wildman–Crippen MR) is 102 cm³/mol. The second kappa shape index (κ2) is 7.61. The van der Waals surface area contributed by atoms with Gasteiger partial charge in [-0.15, -0.1) is 11.3 Å². The van der Waals surface area contributed by atoms with Crippen molar-refractivity contribution in [3.8, 4) is 0 Å². The van der Waals surface area contributed by atoms with Crippen molar-refractivity contribution in [3.05, 3.63) is 16.1 Å². The van der Waals surface area contributed by atoms with E-state index in [1.165, 1.54) is 0 Å². The van der Waals surface area contributed by atoms with Crippen molar-refractivity contribution in [2.75, 3.05) is 18.4 Å². The van der Waals surface area contributed by atoms with Gasteiger partial charge in [-0.1, -0.05) is 21.1 Å². The lowest BCUT2D eigenvalue weighted by Crippen LogP contribution is -2.41. The van der Waals surface area contributed by atoms with E-state index in [4.69, 9.17) is 14.6 Å². The Kier molecular flexibility index (Phi) is 5.68. The van der Waals surface area contributed by atoms with Gasteiger partial charge in [-0.25, -0.2) is 9.78 Å². The molecule has 1 unspecified atom stereocenters. The van der Waals surface area contributed by atoms with Crippen LogP contribution < -0.4 is 0 Å². The van der Waals surface area contributed by atoms with E-state index in [2.05, 4.69) is 26.5 Å². The summed E-state index contributed by atoms with van der Waals surface area (Å²) >= 11 is 5.10. The average Bonchev–Trinajstić information content (AvgIpc) is 3.22. The number of hydrogen-bond acceptors (Lipinski definition) is 6. The number of alkyl halides is 1. The Morgan fingerprint density at radius 2 is 2.16 bits per heavy atom. The van der Waals surface area contributed by atoms with Crippen LogP contribution in [-0.2, 0) is 9.57 Å². The second-order valence-corrected chi connectivity index (χ2v) is 8.97. The topological polar surface area (TPSA) is 64.0 Å². The van der Waals surface area contributed by atoms with Gasteiger partial charge in [0.1, 0.15) is 17.4 Å². The maximum atomic E-state index is 12.2. The van der Waals surface area contributed by atoms with Crippen molar-refractivity contribution in [1.29, 1.82) is 0 Å². The quantitative estimate of drug-likeness (QED) is 0.676. The third kappa shape index (κ3) is 4.73. The normalized spacial score (nSPS) is 21.8. The van der Waals surface area contributed by atoms with Crippen molar-refractivity contribution in [2.24, 2.45) is 5.16 Å². The number of nitrogens with zero attached hydrogens (tertiary/aromatic N) is 3. The van der Waals surface area contributed by atoms with E-state index in [9.17, 15) is 4.79 Å². The molecule has 0 bridgehead atoms. The number of thiazole rings is 1. The first kappa shape index (κ1) is 18.6. The molecule has 138 valence electrons. The van der Waals surface area contributed by atoms with Gasteiger partial charge in [0, 0.05) is 36.1 Å². The largest absolute Gasteiger partial charge is 0.444 e. The molecule has 1 saturated heterocycles. The molecule has 0 aliphatic carbocycles. The van der Waals surface area contributed by atoms with Crippen molar-refractivity contribution in [1.82, 2.24) is 9.88 Å². The van der Waals surface area contributed by atoms with Crippen molar-refractivity contribution >= 4 is 39.1 Å².